The molecule has 1 aliphatic rings. The Morgan fingerprint density at radius 1 is 1.56 bits per heavy atom. The topological polar surface area (TPSA) is 78.2 Å². The van der Waals surface area contributed by atoms with E-state index in [1.54, 1.807) is 6.07 Å². The van der Waals surface area contributed by atoms with Crippen molar-refractivity contribution >= 4 is 10.1 Å². The van der Waals surface area contributed by atoms with Gasteiger partial charge in [-0.1, -0.05) is 0 Å². The van der Waals surface area contributed by atoms with Crippen LogP contribution in [0.2, 0.25) is 0 Å². The summed E-state index contributed by atoms with van der Waals surface area (Å²) in [7, 11) is -4.10. The minimum atomic E-state index is -4.10. The van der Waals surface area contributed by atoms with Crippen molar-refractivity contribution < 1.29 is 13.0 Å². The fraction of sp³-hybridized carbons (Fsp3) is 0.750. The van der Waals surface area contributed by atoms with Gasteiger partial charge in [-0.3, -0.25) is 4.55 Å². The van der Waals surface area contributed by atoms with Crippen molar-refractivity contribution in [3.8, 4) is 6.07 Å². The van der Waals surface area contributed by atoms with Gasteiger partial charge in [-0.25, -0.2) is 0 Å². The molecule has 0 radical (unpaired) electrons. The fourth-order valence-corrected chi connectivity index (χ4v) is 1.27. The van der Waals surface area contributed by atoms with Crippen LogP contribution >= 0.6 is 0 Å². The summed E-state index contributed by atoms with van der Waals surface area (Å²) in [6.07, 6.45) is 0.532. The van der Waals surface area contributed by atoms with Crippen LogP contribution in [-0.4, -0.2) is 17.7 Å². The highest BCUT2D eigenvalue weighted by Crippen LogP contribution is 2.41. The van der Waals surface area contributed by atoms with E-state index in [-0.39, 0.29) is 12.8 Å². The Kier molecular flexibility index (Phi) is 1.06. The average molecular weight is 147 g/mol. The van der Waals surface area contributed by atoms with Crippen molar-refractivity contribution in [3.63, 3.8) is 0 Å². The molecule has 1 aliphatic carbocycles. The lowest BCUT2D eigenvalue weighted by molar-refractivity contribution is 0.474. The number of hydrogen-bond donors (Lipinski definition) is 1. The molecule has 0 unspecified atom stereocenters. The molecule has 1 rings (SSSR count). The molecule has 1 saturated carbocycles. The van der Waals surface area contributed by atoms with Gasteiger partial charge in [0.25, 0.3) is 10.1 Å². The van der Waals surface area contributed by atoms with Gasteiger partial charge in [0.15, 0.2) is 4.75 Å². The second-order valence-electron chi connectivity index (χ2n) is 2.08. The van der Waals surface area contributed by atoms with Crippen LogP contribution in [0.15, 0.2) is 0 Å². The molecule has 0 aliphatic heterocycles. The van der Waals surface area contributed by atoms with E-state index < -0.39 is 14.9 Å². The summed E-state index contributed by atoms with van der Waals surface area (Å²) in [5.41, 5.74) is 0. The zero-order valence-corrected chi connectivity index (χ0v) is 5.35. The largest absolute Gasteiger partial charge is 0.284 e. The molecule has 0 saturated heterocycles. The molecule has 50 valence electrons. The maximum absolute atomic E-state index is 10.3. The highest BCUT2D eigenvalue weighted by molar-refractivity contribution is 7.87. The third-order valence-corrected chi connectivity index (χ3v) is 2.89. The van der Waals surface area contributed by atoms with Gasteiger partial charge in [0.1, 0.15) is 0 Å². The van der Waals surface area contributed by atoms with E-state index in [1.807, 2.05) is 0 Å². The van der Waals surface area contributed by atoms with Crippen molar-refractivity contribution in [2.75, 3.05) is 0 Å². The monoisotopic (exact) mass is 147 g/mol. The Morgan fingerprint density at radius 2 is 2.00 bits per heavy atom. The number of rotatable bonds is 1. The van der Waals surface area contributed by atoms with E-state index >= 15 is 0 Å². The third-order valence-electron chi connectivity index (χ3n) is 1.40. The van der Waals surface area contributed by atoms with Crippen LogP contribution in [0, 0.1) is 11.3 Å². The molecular weight excluding hydrogens is 142 g/mol. The summed E-state index contributed by atoms with van der Waals surface area (Å²) in [6.45, 7) is 0. The Morgan fingerprint density at radius 3 is 2.00 bits per heavy atom. The molecule has 4 nitrogen and oxygen atoms in total. The molecule has 0 aromatic heterocycles. The summed E-state index contributed by atoms with van der Waals surface area (Å²) in [4.78, 5) is 0. The second kappa shape index (κ2) is 1.46. The van der Waals surface area contributed by atoms with Crippen LogP contribution in [0.4, 0.5) is 0 Å². The minimum Gasteiger partial charge on any atom is -0.284 e. The maximum Gasteiger partial charge on any atom is 0.284 e. The van der Waals surface area contributed by atoms with E-state index in [0.29, 0.717) is 0 Å². The van der Waals surface area contributed by atoms with Crippen molar-refractivity contribution in [2.24, 2.45) is 0 Å². The maximum atomic E-state index is 10.3. The Labute approximate surface area is 52.8 Å². The smallest absolute Gasteiger partial charge is 0.284 e. The minimum absolute atomic E-state index is 0.266. The molecule has 9 heavy (non-hydrogen) atoms. The first-order chi connectivity index (χ1) is 4.02. The molecule has 0 heterocycles. The van der Waals surface area contributed by atoms with E-state index in [4.69, 9.17) is 9.81 Å². The summed E-state index contributed by atoms with van der Waals surface area (Å²) >= 11 is 0. The molecular formula is C4H5NO3S. The molecule has 5 heteroatoms. The number of hydrogen-bond acceptors (Lipinski definition) is 3. The molecule has 0 bridgehead atoms. The summed E-state index contributed by atoms with van der Waals surface area (Å²) in [5, 5.41) is 8.20. The quantitative estimate of drug-likeness (QED) is 0.526. The molecule has 1 N–H and O–H groups in total. The Bertz CT molecular complexity index is 256. The molecule has 0 spiro atoms. The van der Waals surface area contributed by atoms with Crippen LogP contribution in [-0.2, 0) is 10.1 Å². The van der Waals surface area contributed by atoms with Gasteiger partial charge in [0, 0.05) is 0 Å². The van der Waals surface area contributed by atoms with Crippen molar-refractivity contribution in [1.29, 1.82) is 5.26 Å². The van der Waals surface area contributed by atoms with Crippen LogP contribution in [0.3, 0.4) is 0 Å². The number of nitrogens with zero attached hydrogens (tertiary/aromatic N) is 1. The first-order valence-electron chi connectivity index (χ1n) is 2.40. The summed E-state index contributed by atoms with van der Waals surface area (Å²) in [6, 6.07) is 1.55. The molecule has 0 amide bonds. The molecule has 0 aromatic carbocycles. The van der Waals surface area contributed by atoms with Crippen LogP contribution in [0.25, 0.3) is 0 Å². The highest BCUT2D eigenvalue weighted by Gasteiger charge is 2.55. The summed E-state index contributed by atoms with van der Waals surface area (Å²) in [5.74, 6) is 0. The lowest BCUT2D eigenvalue weighted by atomic mass is 10.5. The van der Waals surface area contributed by atoms with Crippen LogP contribution in [0.1, 0.15) is 12.8 Å². The third kappa shape index (κ3) is 0.802. The van der Waals surface area contributed by atoms with Crippen LogP contribution < -0.4 is 0 Å². The van der Waals surface area contributed by atoms with Crippen molar-refractivity contribution in [1.82, 2.24) is 0 Å². The van der Waals surface area contributed by atoms with E-state index in [9.17, 15) is 8.42 Å². The van der Waals surface area contributed by atoms with E-state index in [2.05, 4.69) is 0 Å². The van der Waals surface area contributed by atoms with Gasteiger partial charge in [0.05, 0.1) is 6.07 Å². The second-order valence-corrected chi connectivity index (χ2v) is 3.81. The lowest BCUT2D eigenvalue weighted by Crippen LogP contribution is -2.19. The fourth-order valence-electron chi connectivity index (χ4n) is 0.541. The first-order valence-corrected chi connectivity index (χ1v) is 3.84. The highest BCUT2D eigenvalue weighted by atomic mass is 32.2. The standard InChI is InChI=1S/C4H5NO3S/c5-3-4(1-2-4)9(6,7)8/h1-2H2,(H,6,7,8). The molecule has 0 aromatic rings. The normalized spacial score (nSPS) is 22.7. The van der Waals surface area contributed by atoms with Crippen molar-refractivity contribution in [2.45, 2.75) is 17.6 Å². The number of nitriles is 1. The zero-order valence-electron chi connectivity index (χ0n) is 4.53. The zero-order chi connectivity index (χ0) is 7.12. The van der Waals surface area contributed by atoms with Crippen LogP contribution in [0.5, 0.6) is 0 Å². The average Bonchev–Trinajstić information content (AvgIpc) is 2.40. The first kappa shape index (κ1) is 6.52. The SMILES string of the molecule is N#CC1(S(=O)(=O)O)CC1. The summed E-state index contributed by atoms with van der Waals surface area (Å²) < 4.78 is 27.5. The van der Waals surface area contributed by atoms with E-state index in [0.717, 1.165) is 0 Å². The van der Waals surface area contributed by atoms with Gasteiger partial charge in [-0.15, -0.1) is 0 Å². The van der Waals surface area contributed by atoms with Gasteiger partial charge in [0.2, 0.25) is 0 Å². The van der Waals surface area contributed by atoms with E-state index in [1.165, 1.54) is 0 Å². The van der Waals surface area contributed by atoms with Gasteiger partial charge in [-0.2, -0.15) is 13.7 Å². The predicted molar refractivity (Wildman–Crippen MR) is 29.1 cm³/mol. The molecule has 0 atom stereocenters. The predicted octanol–water partition coefficient (Wildman–Crippen LogP) is -0.0696. The Hall–Kier alpha value is -0.600. The van der Waals surface area contributed by atoms with Gasteiger partial charge < -0.3 is 0 Å². The van der Waals surface area contributed by atoms with Crippen molar-refractivity contribution in [3.05, 3.63) is 0 Å². The lowest BCUT2D eigenvalue weighted by Gasteiger charge is -1.96. The Balaban J connectivity index is 3.02. The molecule has 1 fully saturated rings. The van der Waals surface area contributed by atoms with Gasteiger partial charge >= 0.3 is 0 Å². The van der Waals surface area contributed by atoms with Gasteiger partial charge in [-0.05, 0) is 12.8 Å².